The fraction of sp³-hybridized carbons (Fsp3) is 0.765. The lowest BCUT2D eigenvalue weighted by Gasteiger charge is -2.28. The molecule has 0 aliphatic carbocycles. The minimum Gasteiger partial charge on any atom is -0.480 e. The van der Waals surface area contributed by atoms with Gasteiger partial charge in [-0.1, -0.05) is 27.7 Å². The number of nitrogens with two attached hydrogens (primary N) is 1. The van der Waals surface area contributed by atoms with E-state index in [1.165, 1.54) is 13.8 Å². The van der Waals surface area contributed by atoms with Gasteiger partial charge in [-0.3, -0.25) is 19.2 Å². The molecule has 156 valence electrons. The van der Waals surface area contributed by atoms with Crippen molar-refractivity contribution in [3.63, 3.8) is 0 Å². The second kappa shape index (κ2) is 10.8. The topological polar surface area (TPSA) is 171 Å². The normalized spacial score (nSPS) is 16.8. The molecule has 7 N–H and O–H groups in total. The highest BCUT2D eigenvalue weighted by atomic mass is 16.4. The lowest BCUT2D eigenvalue weighted by atomic mass is 9.99. The van der Waals surface area contributed by atoms with E-state index in [2.05, 4.69) is 16.0 Å². The summed E-state index contributed by atoms with van der Waals surface area (Å²) in [5.74, 6) is -3.73. The van der Waals surface area contributed by atoms with Crippen LogP contribution in [0.5, 0.6) is 0 Å². The van der Waals surface area contributed by atoms with Crippen LogP contribution in [0.3, 0.4) is 0 Å². The van der Waals surface area contributed by atoms with Crippen LogP contribution in [0.2, 0.25) is 0 Å². The molecule has 0 heterocycles. The highest BCUT2D eigenvalue weighted by molar-refractivity contribution is 5.94. The largest absolute Gasteiger partial charge is 0.480 e. The monoisotopic (exact) mass is 388 g/mol. The van der Waals surface area contributed by atoms with Crippen molar-refractivity contribution in [2.24, 2.45) is 17.6 Å². The first-order chi connectivity index (χ1) is 12.3. The number of nitrogens with one attached hydrogen (secondary N) is 3. The van der Waals surface area contributed by atoms with Gasteiger partial charge in [-0.15, -0.1) is 0 Å². The van der Waals surface area contributed by atoms with E-state index in [9.17, 15) is 24.3 Å². The highest BCUT2D eigenvalue weighted by Crippen LogP contribution is 2.06. The van der Waals surface area contributed by atoms with Crippen molar-refractivity contribution in [3.05, 3.63) is 0 Å². The van der Waals surface area contributed by atoms with Gasteiger partial charge in [0, 0.05) is 0 Å². The van der Waals surface area contributed by atoms with Crippen molar-refractivity contribution < 1.29 is 29.4 Å². The molecule has 10 nitrogen and oxygen atoms in total. The summed E-state index contributed by atoms with van der Waals surface area (Å²) in [7, 11) is 0. The van der Waals surface area contributed by atoms with Crippen LogP contribution in [-0.2, 0) is 19.2 Å². The van der Waals surface area contributed by atoms with Crippen LogP contribution in [0.1, 0.15) is 41.5 Å². The number of carbonyl (C=O) groups excluding carboxylic acids is 3. The molecule has 5 unspecified atom stereocenters. The zero-order valence-corrected chi connectivity index (χ0v) is 16.6. The van der Waals surface area contributed by atoms with Gasteiger partial charge in [0.2, 0.25) is 17.7 Å². The van der Waals surface area contributed by atoms with Gasteiger partial charge in [-0.2, -0.15) is 0 Å². The van der Waals surface area contributed by atoms with Gasteiger partial charge in [0.25, 0.3) is 0 Å². The molecule has 0 saturated heterocycles. The maximum Gasteiger partial charge on any atom is 0.325 e. The van der Waals surface area contributed by atoms with Crippen LogP contribution in [0.4, 0.5) is 0 Å². The molecule has 0 radical (unpaired) electrons. The van der Waals surface area contributed by atoms with Crippen molar-refractivity contribution in [2.75, 3.05) is 0 Å². The van der Waals surface area contributed by atoms with Crippen molar-refractivity contribution in [2.45, 2.75) is 71.8 Å². The van der Waals surface area contributed by atoms with Crippen LogP contribution in [0, 0.1) is 11.8 Å². The van der Waals surface area contributed by atoms with Crippen molar-refractivity contribution in [1.82, 2.24) is 16.0 Å². The molecular weight excluding hydrogens is 356 g/mol. The lowest BCUT2D eigenvalue weighted by molar-refractivity contribution is -0.142. The molecule has 0 fully saturated rings. The SMILES string of the molecule is CC(NC(=O)C(NC(=O)C(NC(=O)C(N)C(C)C)C(C)C)C(C)O)C(=O)O. The van der Waals surface area contributed by atoms with E-state index in [0.29, 0.717) is 0 Å². The average Bonchev–Trinajstić information content (AvgIpc) is 2.54. The van der Waals surface area contributed by atoms with E-state index < -0.39 is 54.0 Å². The van der Waals surface area contributed by atoms with Crippen LogP contribution >= 0.6 is 0 Å². The van der Waals surface area contributed by atoms with E-state index in [1.807, 2.05) is 0 Å². The Bertz CT molecular complexity index is 550. The van der Waals surface area contributed by atoms with Crippen molar-refractivity contribution in [3.8, 4) is 0 Å². The van der Waals surface area contributed by atoms with E-state index in [1.54, 1.807) is 27.7 Å². The first-order valence-corrected chi connectivity index (χ1v) is 8.87. The molecule has 10 heteroatoms. The number of carboxylic acids is 1. The summed E-state index contributed by atoms with van der Waals surface area (Å²) in [6.45, 7) is 9.49. The molecule has 0 bridgehead atoms. The van der Waals surface area contributed by atoms with Gasteiger partial charge in [0.05, 0.1) is 12.1 Å². The number of rotatable bonds is 10. The Morgan fingerprint density at radius 2 is 1.19 bits per heavy atom. The summed E-state index contributed by atoms with van der Waals surface area (Å²) >= 11 is 0. The molecule has 0 aromatic heterocycles. The number of amides is 3. The summed E-state index contributed by atoms with van der Waals surface area (Å²) in [5, 5.41) is 25.8. The number of aliphatic hydroxyl groups excluding tert-OH is 1. The molecule has 0 rings (SSSR count). The second-order valence-electron chi connectivity index (χ2n) is 7.30. The Morgan fingerprint density at radius 1 is 0.741 bits per heavy atom. The van der Waals surface area contributed by atoms with Gasteiger partial charge in [0.15, 0.2) is 0 Å². The van der Waals surface area contributed by atoms with Crippen molar-refractivity contribution in [1.29, 1.82) is 0 Å². The first kappa shape index (κ1) is 24.8. The number of aliphatic hydroxyl groups is 1. The smallest absolute Gasteiger partial charge is 0.325 e. The maximum absolute atomic E-state index is 12.6. The average molecular weight is 388 g/mol. The van der Waals surface area contributed by atoms with Crippen LogP contribution in [0.25, 0.3) is 0 Å². The van der Waals surface area contributed by atoms with Gasteiger partial charge >= 0.3 is 5.97 Å². The summed E-state index contributed by atoms with van der Waals surface area (Å²) in [6, 6.07) is -4.35. The highest BCUT2D eigenvalue weighted by Gasteiger charge is 2.33. The Balaban J connectivity index is 5.22. The molecule has 0 saturated carbocycles. The van der Waals surface area contributed by atoms with Gasteiger partial charge in [0.1, 0.15) is 18.1 Å². The fourth-order valence-electron chi connectivity index (χ4n) is 2.10. The van der Waals surface area contributed by atoms with E-state index >= 15 is 0 Å². The van der Waals surface area contributed by atoms with Crippen LogP contribution in [0.15, 0.2) is 0 Å². The number of carboxylic acid groups (broad SMARTS) is 1. The minimum absolute atomic E-state index is 0.130. The molecule has 5 atom stereocenters. The zero-order valence-electron chi connectivity index (χ0n) is 16.6. The van der Waals surface area contributed by atoms with Gasteiger partial charge in [-0.05, 0) is 25.7 Å². The molecule has 27 heavy (non-hydrogen) atoms. The quantitative estimate of drug-likeness (QED) is 0.266. The Labute approximate surface area is 159 Å². The number of carbonyl (C=O) groups is 4. The number of hydrogen-bond donors (Lipinski definition) is 6. The third-order valence-corrected chi connectivity index (χ3v) is 4.06. The number of hydrogen-bond acceptors (Lipinski definition) is 6. The van der Waals surface area contributed by atoms with E-state index in [4.69, 9.17) is 10.8 Å². The third kappa shape index (κ3) is 7.92. The number of aliphatic carboxylic acids is 1. The molecule has 0 aliphatic heterocycles. The summed E-state index contributed by atoms with van der Waals surface area (Å²) in [6.07, 6.45) is -1.28. The Kier molecular flexibility index (Phi) is 9.95. The minimum atomic E-state index is -1.38. The van der Waals surface area contributed by atoms with Gasteiger partial charge < -0.3 is 31.9 Å². The first-order valence-electron chi connectivity index (χ1n) is 8.87. The standard InChI is InChI=1S/C17H32N4O6/c1-7(2)11(18)14(23)20-12(8(3)4)15(24)21-13(10(6)22)16(25)19-9(5)17(26)27/h7-13,22H,18H2,1-6H3,(H,19,25)(H,20,23)(H,21,24)(H,26,27). The zero-order chi connectivity index (χ0) is 21.5. The summed E-state index contributed by atoms with van der Waals surface area (Å²) < 4.78 is 0. The molecule has 0 aliphatic rings. The summed E-state index contributed by atoms with van der Waals surface area (Å²) in [4.78, 5) is 47.8. The second-order valence-corrected chi connectivity index (χ2v) is 7.30. The van der Waals surface area contributed by atoms with E-state index in [-0.39, 0.29) is 11.8 Å². The van der Waals surface area contributed by atoms with Crippen molar-refractivity contribution >= 4 is 23.7 Å². The molecule has 0 aromatic carbocycles. The third-order valence-electron chi connectivity index (χ3n) is 4.06. The van der Waals surface area contributed by atoms with Crippen LogP contribution < -0.4 is 21.7 Å². The Morgan fingerprint density at radius 3 is 1.56 bits per heavy atom. The lowest BCUT2D eigenvalue weighted by Crippen LogP contribution is -2.60. The predicted octanol–water partition coefficient (Wildman–Crippen LogP) is -1.43. The fourth-order valence-corrected chi connectivity index (χ4v) is 2.10. The summed E-state index contributed by atoms with van der Waals surface area (Å²) in [5.41, 5.74) is 5.79. The maximum atomic E-state index is 12.6. The van der Waals surface area contributed by atoms with Crippen LogP contribution in [-0.4, -0.2) is 64.2 Å². The molecular formula is C17H32N4O6. The molecule has 0 aromatic rings. The predicted molar refractivity (Wildman–Crippen MR) is 98.4 cm³/mol. The molecule has 0 spiro atoms. The Hall–Kier alpha value is -2.20. The van der Waals surface area contributed by atoms with E-state index in [0.717, 1.165) is 0 Å². The van der Waals surface area contributed by atoms with Gasteiger partial charge in [-0.25, -0.2) is 0 Å². The molecule has 3 amide bonds.